The molecular weight excluding hydrogens is 288 g/mol. The van der Waals surface area contributed by atoms with E-state index in [0.29, 0.717) is 6.04 Å². The Morgan fingerprint density at radius 2 is 1.91 bits per heavy atom. The summed E-state index contributed by atoms with van der Waals surface area (Å²) in [7, 11) is 0. The number of fused-ring (bicyclic) bond motifs is 7. The molecule has 0 saturated heterocycles. The molecule has 0 amide bonds. The van der Waals surface area contributed by atoms with Crippen LogP contribution in [0.15, 0.2) is 24.3 Å². The standard InChI is InChI=1S/C19H26N2S/c1-19(2,3)21-18(22)20-16-10-12-9-14(16)15-8-11-6-4-5-7-13(11)17(12)15/h4-7,12,14-17H,8-10H2,1-3H3,(H2,20,21,22). The molecule has 0 radical (unpaired) electrons. The zero-order chi connectivity index (χ0) is 15.5. The van der Waals surface area contributed by atoms with Gasteiger partial charge in [0.2, 0.25) is 0 Å². The second kappa shape index (κ2) is 4.95. The minimum atomic E-state index is 0.0355. The van der Waals surface area contributed by atoms with E-state index in [1.165, 1.54) is 19.3 Å². The third kappa shape index (κ3) is 2.34. The Labute approximate surface area is 139 Å². The molecule has 1 aromatic carbocycles. The van der Waals surface area contributed by atoms with Gasteiger partial charge in [-0.2, -0.15) is 0 Å². The fourth-order valence-electron chi connectivity index (χ4n) is 5.27. The van der Waals surface area contributed by atoms with Crippen LogP contribution in [-0.4, -0.2) is 16.7 Å². The van der Waals surface area contributed by atoms with E-state index >= 15 is 0 Å². The second-order valence-corrected chi connectivity index (χ2v) is 8.85. The van der Waals surface area contributed by atoms with Crippen molar-refractivity contribution in [2.24, 2.45) is 17.8 Å². The fourth-order valence-corrected chi connectivity index (χ4v) is 5.72. The van der Waals surface area contributed by atoms with Gasteiger partial charge >= 0.3 is 0 Å². The number of hydrogen-bond acceptors (Lipinski definition) is 1. The molecular formula is C19H26N2S. The van der Waals surface area contributed by atoms with Crippen molar-refractivity contribution in [3.63, 3.8) is 0 Å². The van der Waals surface area contributed by atoms with Gasteiger partial charge in [-0.1, -0.05) is 24.3 Å². The van der Waals surface area contributed by atoms with E-state index < -0.39 is 0 Å². The Balaban J connectivity index is 1.47. The maximum Gasteiger partial charge on any atom is 0.166 e. The number of hydrogen-bond donors (Lipinski definition) is 2. The van der Waals surface area contributed by atoms with Gasteiger partial charge in [0.15, 0.2) is 5.11 Å². The van der Waals surface area contributed by atoms with Crippen LogP contribution in [0.2, 0.25) is 0 Å². The van der Waals surface area contributed by atoms with E-state index in [9.17, 15) is 0 Å². The highest BCUT2D eigenvalue weighted by Crippen LogP contribution is 2.61. The van der Waals surface area contributed by atoms with Crippen LogP contribution in [-0.2, 0) is 6.42 Å². The van der Waals surface area contributed by atoms with Crippen molar-refractivity contribution in [2.45, 2.75) is 57.5 Å². The van der Waals surface area contributed by atoms with E-state index in [0.717, 1.165) is 28.8 Å². The molecule has 2 saturated carbocycles. The van der Waals surface area contributed by atoms with E-state index in [1.807, 2.05) is 0 Å². The first-order chi connectivity index (χ1) is 10.4. The van der Waals surface area contributed by atoms with Gasteiger partial charge in [0, 0.05) is 11.6 Å². The molecule has 3 aliphatic carbocycles. The van der Waals surface area contributed by atoms with Crippen molar-refractivity contribution in [1.82, 2.24) is 10.6 Å². The Morgan fingerprint density at radius 1 is 1.14 bits per heavy atom. The van der Waals surface area contributed by atoms with Crippen molar-refractivity contribution in [3.05, 3.63) is 35.4 Å². The number of benzene rings is 1. The molecule has 4 rings (SSSR count). The topological polar surface area (TPSA) is 24.1 Å². The normalized spacial score (nSPS) is 35.1. The molecule has 1 aromatic rings. The molecule has 0 spiro atoms. The van der Waals surface area contributed by atoms with Gasteiger partial charge < -0.3 is 10.6 Å². The molecule has 0 heterocycles. The van der Waals surface area contributed by atoms with Gasteiger partial charge in [-0.05, 0) is 87.1 Å². The second-order valence-electron chi connectivity index (χ2n) is 8.44. The summed E-state index contributed by atoms with van der Waals surface area (Å²) in [5.41, 5.74) is 3.28. The SMILES string of the molecule is CC(C)(C)NC(=S)NC1CC2CC1C1Cc3ccccc3C21. The van der Waals surface area contributed by atoms with E-state index in [4.69, 9.17) is 12.2 Å². The predicted molar refractivity (Wildman–Crippen MR) is 95.0 cm³/mol. The highest BCUT2D eigenvalue weighted by molar-refractivity contribution is 7.80. The average molecular weight is 314 g/mol. The van der Waals surface area contributed by atoms with Crippen LogP contribution >= 0.6 is 12.2 Å². The molecule has 2 bridgehead atoms. The molecule has 3 heteroatoms. The van der Waals surface area contributed by atoms with Crippen LogP contribution in [0.3, 0.4) is 0 Å². The van der Waals surface area contributed by atoms with Crippen LogP contribution in [0, 0.1) is 17.8 Å². The predicted octanol–water partition coefficient (Wildman–Crippen LogP) is 3.61. The lowest BCUT2D eigenvalue weighted by Gasteiger charge is -2.34. The van der Waals surface area contributed by atoms with Crippen LogP contribution in [0.5, 0.6) is 0 Å². The van der Waals surface area contributed by atoms with Gasteiger partial charge in [0.05, 0.1) is 0 Å². The van der Waals surface area contributed by atoms with Gasteiger partial charge in [0.25, 0.3) is 0 Å². The zero-order valence-corrected chi connectivity index (χ0v) is 14.5. The summed E-state index contributed by atoms with van der Waals surface area (Å²) < 4.78 is 0. The molecule has 22 heavy (non-hydrogen) atoms. The average Bonchev–Trinajstić information content (AvgIpc) is 3.04. The molecule has 3 aliphatic rings. The van der Waals surface area contributed by atoms with E-state index in [2.05, 4.69) is 55.7 Å². The minimum Gasteiger partial charge on any atom is -0.360 e. The van der Waals surface area contributed by atoms with Crippen LogP contribution in [0.25, 0.3) is 0 Å². The van der Waals surface area contributed by atoms with E-state index in [1.54, 1.807) is 11.1 Å². The summed E-state index contributed by atoms with van der Waals surface area (Å²) in [6.07, 6.45) is 3.95. The van der Waals surface area contributed by atoms with Crippen molar-refractivity contribution in [1.29, 1.82) is 0 Å². The van der Waals surface area contributed by atoms with Crippen molar-refractivity contribution in [3.8, 4) is 0 Å². The Morgan fingerprint density at radius 3 is 2.68 bits per heavy atom. The molecule has 2 N–H and O–H groups in total. The number of nitrogens with one attached hydrogen (secondary N) is 2. The lowest BCUT2D eigenvalue weighted by molar-refractivity contribution is 0.260. The largest absolute Gasteiger partial charge is 0.360 e. The van der Waals surface area contributed by atoms with Gasteiger partial charge in [0.1, 0.15) is 0 Å². The van der Waals surface area contributed by atoms with Gasteiger partial charge in [-0.25, -0.2) is 0 Å². The van der Waals surface area contributed by atoms with Crippen molar-refractivity contribution >= 4 is 17.3 Å². The molecule has 0 aliphatic heterocycles. The lowest BCUT2D eigenvalue weighted by atomic mass is 9.77. The molecule has 118 valence electrons. The summed E-state index contributed by atoms with van der Waals surface area (Å²) in [4.78, 5) is 0. The summed E-state index contributed by atoms with van der Waals surface area (Å²) in [6, 6.07) is 9.68. The van der Waals surface area contributed by atoms with E-state index in [-0.39, 0.29) is 5.54 Å². The first-order valence-corrected chi connectivity index (χ1v) is 9.00. The fraction of sp³-hybridized carbons (Fsp3) is 0.632. The van der Waals surface area contributed by atoms with Crippen LogP contribution in [0.1, 0.15) is 50.7 Å². The van der Waals surface area contributed by atoms with Gasteiger partial charge in [-0.3, -0.25) is 0 Å². The summed E-state index contributed by atoms with van der Waals surface area (Å²) in [5, 5.41) is 7.86. The molecule has 0 aromatic heterocycles. The Bertz CT molecular complexity index is 604. The quantitative estimate of drug-likeness (QED) is 0.774. The van der Waals surface area contributed by atoms with Gasteiger partial charge in [-0.15, -0.1) is 0 Å². The summed E-state index contributed by atoms with van der Waals surface area (Å²) in [5.74, 6) is 3.31. The Kier molecular flexibility index (Phi) is 3.26. The monoisotopic (exact) mass is 314 g/mol. The maximum atomic E-state index is 5.52. The summed E-state index contributed by atoms with van der Waals surface area (Å²) in [6.45, 7) is 6.47. The zero-order valence-electron chi connectivity index (χ0n) is 13.7. The highest BCUT2D eigenvalue weighted by atomic mass is 32.1. The lowest BCUT2D eigenvalue weighted by Crippen LogP contribution is -2.51. The first-order valence-electron chi connectivity index (χ1n) is 8.59. The van der Waals surface area contributed by atoms with Crippen LogP contribution in [0.4, 0.5) is 0 Å². The third-order valence-electron chi connectivity index (χ3n) is 5.84. The Hall–Kier alpha value is -1.09. The van der Waals surface area contributed by atoms with Crippen molar-refractivity contribution in [2.75, 3.05) is 0 Å². The number of rotatable bonds is 1. The number of thiocarbonyl (C=S) groups is 1. The van der Waals surface area contributed by atoms with Crippen LogP contribution < -0.4 is 10.6 Å². The molecule has 2 nitrogen and oxygen atoms in total. The highest BCUT2D eigenvalue weighted by Gasteiger charge is 2.55. The van der Waals surface area contributed by atoms with Crippen molar-refractivity contribution < 1.29 is 0 Å². The minimum absolute atomic E-state index is 0.0355. The summed E-state index contributed by atoms with van der Waals surface area (Å²) >= 11 is 5.52. The molecule has 2 fully saturated rings. The third-order valence-corrected chi connectivity index (χ3v) is 6.06. The molecule has 5 atom stereocenters. The first kappa shape index (κ1) is 14.5. The molecule has 5 unspecified atom stereocenters. The maximum absolute atomic E-state index is 5.52. The smallest absolute Gasteiger partial charge is 0.166 e.